The van der Waals surface area contributed by atoms with E-state index in [-0.39, 0.29) is 31.6 Å². The SMILES string of the molecule is CC/C=C\C/C=C\C/C=C\C/C=C\C/C=C\CC(=O)OC(COC(=O)CCCCCCCCC/C=C\C/C=C\CCCCC)COC(=O)CCCCCCCCCCCCCCCCC. The molecular weight excluding hydrogens is 805 g/mol. The van der Waals surface area contributed by atoms with Gasteiger partial charge in [0.05, 0.1) is 6.42 Å². The van der Waals surface area contributed by atoms with Crippen LogP contribution >= 0.6 is 0 Å². The van der Waals surface area contributed by atoms with Crippen LogP contribution < -0.4 is 0 Å². The van der Waals surface area contributed by atoms with Gasteiger partial charge in [0.25, 0.3) is 0 Å². The summed E-state index contributed by atoms with van der Waals surface area (Å²) in [6, 6.07) is 0. The minimum Gasteiger partial charge on any atom is -0.462 e. The molecule has 0 amide bonds. The van der Waals surface area contributed by atoms with Gasteiger partial charge in [-0.1, -0.05) is 241 Å². The molecule has 6 nitrogen and oxygen atoms in total. The first kappa shape index (κ1) is 61.6. The number of allylic oxidation sites excluding steroid dienone is 13. The molecule has 0 saturated carbocycles. The van der Waals surface area contributed by atoms with Gasteiger partial charge < -0.3 is 14.2 Å². The normalized spacial score (nSPS) is 12.7. The lowest BCUT2D eigenvalue weighted by atomic mass is 10.0. The van der Waals surface area contributed by atoms with Crippen LogP contribution in [0.1, 0.15) is 252 Å². The van der Waals surface area contributed by atoms with E-state index in [0.717, 1.165) is 83.5 Å². The Balaban J connectivity index is 4.49. The quantitative estimate of drug-likeness (QED) is 0.0262. The third-order valence-corrected chi connectivity index (χ3v) is 11.4. The molecule has 0 aromatic rings. The summed E-state index contributed by atoms with van der Waals surface area (Å²) in [4.78, 5) is 38.0. The van der Waals surface area contributed by atoms with Gasteiger partial charge in [0.1, 0.15) is 13.2 Å². The van der Waals surface area contributed by atoms with Gasteiger partial charge in [0.15, 0.2) is 6.10 Å². The minimum absolute atomic E-state index is 0.0958. The van der Waals surface area contributed by atoms with Gasteiger partial charge in [0, 0.05) is 12.8 Å². The summed E-state index contributed by atoms with van der Waals surface area (Å²) in [5, 5.41) is 0. The molecule has 0 aliphatic carbocycles. The molecule has 0 radical (unpaired) electrons. The van der Waals surface area contributed by atoms with E-state index in [9.17, 15) is 14.4 Å². The van der Waals surface area contributed by atoms with Crippen molar-refractivity contribution in [1.29, 1.82) is 0 Å². The number of hydrogen-bond acceptors (Lipinski definition) is 6. The van der Waals surface area contributed by atoms with Crippen molar-refractivity contribution >= 4 is 17.9 Å². The third-order valence-electron chi connectivity index (χ3n) is 11.4. The van der Waals surface area contributed by atoms with Crippen molar-refractivity contribution < 1.29 is 28.6 Å². The fraction of sp³-hybridized carbons (Fsp3) is 0.712. The topological polar surface area (TPSA) is 78.9 Å². The molecule has 65 heavy (non-hydrogen) atoms. The number of rotatable bonds is 48. The number of unbranched alkanes of at least 4 members (excludes halogenated alkanes) is 24. The van der Waals surface area contributed by atoms with E-state index in [1.165, 1.54) is 128 Å². The summed E-state index contributed by atoms with van der Waals surface area (Å²) in [5.41, 5.74) is 0. The maximum atomic E-state index is 12.8. The molecular formula is C59H100O6. The number of hydrogen-bond donors (Lipinski definition) is 0. The maximum Gasteiger partial charge on any atom is 0.310 e. The van der Waals surface area contributed by atoms with Gasteiger partial charge in [-0.25, -0.2) is 0 Å². The van der Waals surface area contributed by atoms with Gasteiger partial charge in [-0.05, 0) is 77.0 Å². The molecule has 0 aromatic carbocycles. The van der Waals surface area contributed by atoms with Crippen molar-refractivity contribution in [3.8, 4) is 0 Å². The average Bonchev–Trinajstić information content (AvgIpc) is 3.30. The highest BCUT2D eigenvalue weighted by Crippen LogP contribution is 2.15. The molecule has 0 fully saturated rings. The first-order valence-corrected chi connectivity index (χ1v) is 27.1. The van der Waals surface area contributed by atoms with Crippen LogP contribution in [0.4, 0.5) is 0 Å². The monoisotopic (exact) mass is 905 g/mol. The van der Waals surface area contributed by atoms with Gasteiger partial charge in [-0.2, -0.15) is 0 Å². The Morgan fingerprint density at radius 2 is 0.646 bits per heavy atom. The first-order chi connectivity index (χ1) is 32.0. The third kappa shape index (κ3) is 51.4. The van der Waals surface area contributed by atoms with Crippen LogP contribution in [0, 0.1) is 0 Å². The second kappa shape index (κ2) is 53.2. The molecule has 1 atom stereocenters. The highest BCUT2D eigenvalue weighted by molar-refractivity contribution is 5.72. The van der Waals surface area contributed by atoms with Crippen molar-refractivity contribution in [2.75, 3.05) is 13.2 Å². The van der Waals surface area contributed by atoms with Gasteiger partial charge in [-0.15, -0.1) is 0 Å². The zero-order valence-corrected chi connectivity index (χ0v) is 42.5. The standard InChI is InChI=1S/C59H100O6/c1-4-7-10-13-16-19-22-25-28-29-32-34-37-40-43-46-49-52-58(61)64-55-56(65-59(62)53-50-47-44-41-38-35-31-27-24-21-18-15-12-9-6-3)54-63-57(60)51-48-45-42-39-36-33-30-26-23-20-17-14-11-8-5-2/h9,12,16,18-19,21,25,27-28,31,38,41,47,50,56H,4-8,10-11,13-15,17,20,22-24,26,29-30,32-37,39-40,42-46,48-49,51-55H2,1-3H3/b12-9-,19-16-,21-18-,28-25-,31-27-,41-38-,50-47-. The smallest absolute Gasteiger partial charge is 0.310 e. The molecule has 0 aliphatic rings. The molecule has 0 rings (SSSR count). The second-order valence-electron chi connectivity index (χ2n) is 17.8. The lowest BCUT2D eigenvalue weighted by molar-refractivity contribution is -0.166. The number of ether oxygens (including phenoxy) is 3. The Kier molecular flexibility index (Phi) is 50.4. The Labute approximate surface area is 401 Å². The molecule has 372 valence electrons. The molecule has 0 aromatic heterocycles. The fourth-order valence-electron chi connectivity index (χ4n) is 7.37. The van der Waals surface area contributed by atoms with Crippen LogP contribution in [0.5, 0.6) is 0 Å². The van der Waals surface area contributed by atoms with Crippen LogP contribution in [0.3, 0.4) is 0 Å². The first-order valence-electron chi connectivity index (χ1n) is 27.1. The van der Waals surface area contributed by atoms with Crippen LogP contribution in [-0.2, 0) is 28.6 Å². The summed E-state index contributed by atoms with van der Waals surface area (Å²) >= 11 is 0. The van der Waals surface area contributed by atoms with Crippen molar-refractivity contribution in [1.82, 2.24) is 0 Å². The van der Waals surface area contributed by atoms with Crippen molar-refractivity contribution in [3.05, 3.63) is 85.1 Å². The molecule has 0 saturated heterocycles. The Bertz CT molecular complexity index is 1270. The summed E-state index contributed by atoms with van der Waals surface area (Å²) in [6.45, 7) is 6.42. The predicted molar refractivity (Wildman–Crippen MR) is 279 cm³/mol. The fourth-order valence-corrected chi connectivity index (χ4v) is 7.37. The van der Waals surface area contributed by atoms with Crippen molar-refractivity contribution in [2.24, 2.45) is 0 Å². The molecule has 1 unspecified atom stereocenters. The molecule has 6 heteroatoms. The average molecular weight is 905 g/mol. The molecule has 0 aliphatic heterocycles. The van der Waals surface area contributed by atoms with Gasteiger partial charge >= 0.3 is 17.9 Å². The number of esters is 3. The van der Waals surface area contributed by atoms with Crippen LogP contribution in [0.2, 0.25) is 0 Å². The number of carbonyl (C=O) groups excluding carboxylic acids is 3. The van der Waals surface area contributed by atoms with Gasteiger partial charge in [0.2, 0.25) is 0 Å². The summed E-state index contributed by atoms with van der Waals surface area (Å²) in [6.07, 6.45) is 68.8. The minimum atomic E-state index is -0.832. The summed E-state index contributed by atoms with van der Waals surface area (Å²) in [5.74, 6) is -1.05. The van der Waals surface area contributed by atoms with Crippen LogP contribution in [0.15, 0.2) is 85.1 Å². The van der Waals surface area contributed by atoms with E-state index in [2.05, 4.69) is 93.7 Å². The highest BCUT2D eigenvalue weighted by atomic mass is 16.6. The predicted octanol–water partition coefficient (Wildman–Crippen LogP) is 18.0. The van der Waals surface area contributed by atoms with E-state index in [1.807, 2.05) is 6.08 Å². The maximum absolute atomic E-state index is 12.8. The van der Waals surface area contributed by atoms with E-state index >= 15 is 0 Å². The lowest BCUT2D eigenvalue weighted by Crippen LogP contribution is -2.30. The Morgan fingerprint density at radius 3 is 1.05 bits per heavy atom. The van der Waals surface area contributed by atoms with Crippen molar-refractivity contribution in [2.45, 2.75) is 258 Å². The Morgan fingerprint density at radius 1 is 0.338 bits per heavy atom. The summed E-state index contributed by atoms with van der Waals surface area (Å²) in [7, 11) is 0. The van der Waals surface area contributed by atoms with E-state index in [4.69, 9.17) is 14.2 Å². The Hall–Kier alpha value is -3.41. The van der Waals surface area contributed by atoms with Crippen molar-refractivity contribution in [3.63, 3.8) is 0 Å². The van der Waals surface area contributed by atoms with E-state index in [0.29, 0.717) is 12.8 Å². The van der Waals surface area contributed by atoms with Crippen LogP contribution in [-0.4, -0.2) is 37.2 Å². The van der Waals surface area contributed by atoms with Crippen LogP contribution in [0.25, 0.3) is 0 Å². The molecule has 0 bridgehead atoms. The van der Waals surface area contributed by atoms with E-state index < -0.39 is 12.1 Å². The van der Waals surface area contributed by atoms with Gasteiger partial charge in [-0.3, -0.25) is 14.4 Å². The molecule has 0 spiro atoms. The van der Waals surface area contributed by atoms with E-state index in [1.54, 1.807) is 6.08 Å². The molecule has 0 heterocycles. The summed E-state index contributed by atoms with van der Waals surface area (Å²) < 4.78 is 16.7. The molecule has 0 N–H and O–H groups in total. The zero-order valence-electron chi connectivity index (χ0n) is 42.5. The second-order valence-corrected chi connectivity index (χ2v) is 17.8. The highest BCUT2D eigenvalue weighted by Gasteiger charge is 2.19. The number of carbonyl (C=O) groups is 3. The largest absolute Gasteiger partial charge is 0.462 e. The lowest BCUT2D eigenvalue weighted by Gasteiger charge is -2.18. The zero-order chi connectivity index (χ0) is 47.2.